The first-order valence-electron chi connectivity index (χ1n) is 9.26. The molecule has 1 heterocycles. The van der Waals surface area contributed by atoms with Crippen LogP contribution in [0.4, 0.5) is 5.69 Å². The SMILES string of the molecule is C[C@@H]1C(=O)N(c2cccc3ccccc23)CCN1C(=O)C1CCCC1. The van der Waals surface area contributed by atoms with Gasteiger partial charge >= 0.3 is 0 Å². The molecule has 4 rings (SSSR count). The number of anilines is 1. The van der Waals surface area contributed by atoms with E-state index >= 15 is 0 Å². The molecule has 0 bridgehead atoms. The van der Waals surface area contributed by atoms with Crippen molar-refractivity contribution in [2.45, 2.75) is 38.6 Å². The molecule has 4 heteroatoms. The number of amides is 2. The van der Waals surface area contributed by atoms with Gasteiger partial charge in [-0.25, -0.2) is 0 Å². The molecule has 0 N–H and O–H groups in total. The maximum absolute atomic E-state index is 13.0. The molecule has 25 heavy (non-hydrogen) atoms. The zero-order valence-electron chi connectivity index (χ0n) is 14.6. The number of benzene rings is 2. The minimum absolute atomic E-state index is 0.0222. The van der Waals surface area contributed by atoms with E-state index in [1.165, 1.54) is 0 Å². The van der Waals surface area contributed by atoms with E-state index in [9.17, 15) is 9.59 Å². The fourth-order valence-electron chi connectivity index (χ4n) is 4.26. The Morgan fingerprint density at radius 1 is 1.00 bits per heavy atom. The van der Waals surface area contributed by atoms with Gasteiger partial charge in [-0.15, -0.1) is 0 Å². The molecule has 2 aromatic carbocycles. The number of rotatable bonds is 2. The van der Waals surface area contributed by atoms with Crippen molar-refractivity contribution in [2.24, 2.45) is 5.92 Å². The third-order valence-corrected chi connectivity index (χ3v) is 5.70. The van der Waals surface area contributed by atoms with Crippen LogP contribution in [0.5, 0.6) is 0 Å². The molecule has 1 aliphatic heterocycles. The van der Waals surface area contributed by atoms with Gasteiger partial charge in [-0.3, -0.25) is 9.59 Å². The summed E-state index contributed by atoms with van der Waals surface area (Å²) >= 11 is 0. The molecule has 1 atom stereocenters. The van der Waals surface area contributed by atoms with Gasteiger partial charge in [0.25, 0.3) is 0 Å². The minimum Gasteiger partial charge on any atom is -0.329 e. The summed E-state index contributed by atoms with van der Waals surface area (Å²) in [5.41, 5.74) is 0.947. The van der Waals surface area contributed by atoms with E-state index in [2.05, 4.69) is 18.2 Å². The van der Waals surface area contributed by atoms with E-state index in [4.69, 9.17) is 0 Å². The lowest BCUT2D eigenvalue weighted by molar-refractivity contribution is -0.143. The Morgan fingerprint density at radius 3 is 2.52 bits per heavy atom. The van der Waals surface area contributed by atoms with Crippen molar-refractivity contribution in [3.8, 4) is 0 Å². The summed E-state index contributed by atoms with van der Waals surface area (Å²) in [7, 11) is 0. The van der Waals surface area contributed by atoms with Crippen LogP contribution in [0, 0.1) is 5.92 Å². The van der Waals surface area contributed by atoms with Gasteiger partial charge < -0.3 is 9.80 Å². The minimum atomic E-state index is -0.388. The van der Waals surface area contributed by atoms with Gasteiger partial charge in [-0.05, 0) is 31.2 Å². The Balaban J connectivity index is 1.60. The summed E-state index contributed by atoms with van der Waals surface area (Å²) in [6.45, 7) is 3.05. The largest absolute Gasteiger partial charge is 0.329 e. The van der Waals surface area contributed by atoms with Crippen LogP contribution in [0.25, 0.3) is 10.8 Å². The van der Waals surface area contributed by atoms with Crippen molar-refractivity contribution >= 4 is 28.3 Å². The number of fused-ring (bicyclic) bond motifs is 1. The summed E-state index contributed by atoms with van der Waals surface area (Å²) in [6.07, 6.45) is 4.22. The summed E-state index contributed by atoms with van der Waals surface area (Å²) in [4.78, 5) is 29.5. The Labute approximate surface area is 148 Å². The van der Waals surface area contributed by atoms with E-state index in [-0.39, 0.29) is 23.8 Å². The zero-order valence-corrected chi connectivity index (χ0v) is 14.6. The van der Waals surface area contributed by atoms with E-state index in [0.29, 0.717) is 13.1 Å². The molecule has 1 saturated carbocycles. The number of carbonyl (C=O) groups is 2. The molecular formula is C21H24N2O2. The third-order valence-electron chi connectivity index (χ3n) is 5.70. The number of nitrogens with zero attached hydrogens (tertiary/aromatic N) is 2. The first kappa shape index (κ1) is 16.1. The molecule has 2 fully saturated rings. The highest BCUT2D eigenvalue weighted by molar-refractivity contribution is 6.07. The second-order valence-corrected chi connectivity index (χ2v) is 7.18. The van der Waals surface area contributed by atoms with Crippen LogP contribution in [-0.2, 0) is 9.59 Å². The van der Waals surface area contributed by atoms with Crippen molar-refractivity contribution in [1.29, 1.82) is 0 Å². The molecule has 0 spiro atoms. The quantitative estimate of drug-likeness (QED) is 0.841. The maximum atomic E-state index is 13.0. The highest BCUT2D eigenvalue weighted by Crippen LogP contribution is 2.31. The molecule has 0 unspecified atom stereocenters. The van der Waals surface area contributed by atoms with E-state index < -0.39 is 0 Å². The van der Waals surface area contributed by atoms with Gasteiger partial charge in [-0.1, -0.05) is 49.2 Å². The molecule has 2 aliphatic rings. The van der Waals surface area contributed by atoms with Crippen molar-refractivity contribution in [1.82, 2.24) is 4.90 Å². The zero-order chi connectivity index (χ0) is 17.4. The average molecular weight is 336 g/mol. The van der Waals surface area contributed by atoms with Crippen LogP contribution in [0.1, 0.15) is 32.6 Å². The lowest BCUT2D eigenvalue weighted by Crippen LogP contribution is -2.58. The second kappa shape index (κ2) is 6.51. The van der Waals surface area contributed by atoms with E-state index in [1.807, 2.05) is 36.1 Å². The number of carbonyl (C=O) groups excluding carboxylic acids is 2. The number of hydrogen-bond donors (Lipinski definition) is 0. The lowest BCUT2D eigenvalue weighted by atomic mass is 10.0. The lowest BCUT2D eigenvalue weighted by Gasteiger charge is -2.40. The average Bonchev–Trinajstić information content (AvgIpc) is 3.18. The molecule has 2 amide bonds. The van der Waals surface area contributed by atoms with Crippen molar-refractivity contribution < 1.29 is 9.59 Å². The van der Waals surface area contributed by atoms with Crippen molar-refractivity contribution in [2.75, 3.05) is 18.0 Å². The van der Waals surface area contributed by atoms with Crippen LogP contribution < -0.4 is 4.90 Å². The fourth-order valence-corrected chi connectivity index (χ4v) is 4.26. The standard InChI is InChI=1S/C21H24N2O2/c1-15-20(24)23(14-13-22(15)21(25)17-8-2-3-9-17)19-12-6-10-16-7-4-5-11-18(16)19/h4-7,10-12,15,17H,2-3,8-9,13-14H2,1H3/t15-/m1/s1. The molecular weight excluding hydrogens is 312 g/mol. The Hall–Kier alpha value is -2.36. The normalized spacial score (nSPS) is 22.0. The van der Waals surface area contributed by atoms with Gasteiger partial charge in [0, 0.05) is 24.4 Å². The molecule has 4 nitrogen and oxygen atoms in total. The summed E-state index contributed by atoms with van der Waals surface area (Å²) < 4.78 is 0. The number of piperazine rings is 1. The molecule has 1 saturated heterocycles. The second-order valence-electron chi connectivity index (χ2n) is 7.18. The predicted molar refractivity (Wildman–Crippen MR) is 99.4 cm³/mol. The maximum Gasteiger partial charge on any atom is 0.249 e. The summed E-state index contributed by atoms with van der Waals surface area (Å²) in [5.74, 6) is 0.323. The van der Waals surface area contributed by atoms with E-state index in [1.54, 1.807) is 4.90 Å². The first-order valence-corrected chi connectivity index (χ1v) is 9.26. The van der Waals surface area contributed by atoms with Gasteiger partial charge in [0.15, 0.2) is 0 Å². The van der Waals surface area contributed by atoms with Crippen LogP contribution in [0.3, 0.4) is 0 Å². The Kier molecular flexibility index (Phi) is 4.20. The van der Waals surface area contributed by atoms with Gasteiger partial charge in [0.05, 0.1) is 5.69 Å². The topological polar surface area (TPSA) is 40.6 Å². The first-order chi connectivity index (χ1) is 12.2. The monoisotopic (exact) mass is 336 g/mol. The van der Waals surface area contributed by atoms with Crippen LogP contribution in [0.2, 0.25) is 0 Å². The van der Waals surface area contributed by atoms with Crippen molar-refractivity contribution in [3.05, 3.63) is 42.5 Å². The van der Waals surface area contributed by atoms with Gasteiger partial charge in [0.2, 0.25) is 11.8 Å². The highest BCUT2D eigenvalue weighted by atomic mass is 16.2. The van der Waals surface area contributed by atoms with Crippen LogP contribution in [-0.4, -0.2) is 35.8 Å². The van der Waals surface area contributed by atoms with Gasteiger partial charge in [0.1, 0.15) is 6.04 Å². The fraction of sp³-hybridized carbons (Fsp3) is 0.429. The van der Waals surface area contributed by atoms with Gasteiger partial charge in [-0.2, -0.15) is 0 Å². The van der Waals surface area contributed by atoms with Crippen LogP contribution in [0.15, 0.2) is 42.5 Å². The molecule has 0 aromatic heterocycles. The predicted octanol–water partition coefficient (Wildman–Crippen LogP) is 3.59. The Bertz CT molecular complexity index is 805. The summed E-state index contributed by atoms with van der Waals surface area (Å²) in [5, 5.41) is 2.21. The summed E-state index contributed by atoms with van der Waals surface area (Å²) in [6, 6.07) is 13.8. The molecule has 0 radical (unpaired) electrons. The van der Waals surface area contributed by atoms with Crippen LogP contribution >= 0.6 is 0 Å². The highest BCUT2D eigenvalue weighted by Gasteiger charge is 2.38. The van der Waals surface area contributed by atoms with E-state index in [0.717, 1.165) is 42.1 Å². The smallest absolute Gasteiger partial charge is 0.249 e. The molecule has 2 aromatic rings. The Morgan fingerprint density at radius 2 is 1.72 bits per heavy atom. The third kappa shape index (κ3) is 2.80. The molecule has 1 aliphatic carbocycles. The molecule has 130 valence electrons. The van der Waals surface area contributed by atoms with Crippen molar-refractivity contribution in [3.63, 3.8) is 0 Å². The number of hydrogen-bond acceptors (Lipinski definition) is 2.